The summed E-state index contributed by atoms with van der Waals surface area (Å²) in [5.74, 6) is -0.847. The van der Waals surface area contributed by atoms with Crippen molar-refractivity contribution >= 4 is 16.6 Å². The van der Waals surface area contributed by atoms with E-state index in [0.717, 1.165) is 0 Å². The highest BCUT2D eigenvalue weighted by molar-refractivity contribution is 6.01. The maximum atomic E-state index is 12.2. The zero-order chi connectivity index (χ0) is 14.9. The lowest BCUT2D eigenvalue weighted by Gasteiger charge is -2.10. The SMILES string of the molecule is CC(C)C(=O)c1ccc2cc(O)c(OC(F)F)cc2c1. The number of rotatable bonds is 4. The largest absolute Gasteiger partial charge is 0.504 e. The van der Waals surface area contributed by atoms with Gasteiger partial charge in [-0.15, -0.1) is 0 Å². The van der Waals surface area contributed by atoms with E-state index in [1.165, 1.54) is 12.1 Å². The van der Waals surface area contributed by atoms with E-state index in [0.29, 0.717) is 16.3 Å². The van der Waals surface area contributed by atoms with E-state index in [9.17, 15) is 18.7 Å². The molecular formula is C15H14F2O3. The van der Waals surface area contributed by atoms with Gasteiger partial charge in [0.1, 0.15) is 0 Å². The van der Waals surface area contributed by atoms with Crippen LogP contribution in [0, 0.1) is 5.92 Å². The molecule has 0 aliphatic heterocycles. The zero-order valence-corrected chi connectivity index (χ0v) is 11.1. The molecule has 0 saturated carbocycles. The summed E-state index contributed by atoms with van der Waals surface area (Å²) in [5.41, 5.74) is 0.501. The number of aromatic hydroxyl groups is 1. The van der Waals surface area contributed by atoms with Crippen molar-refractivity contribution in [3.05, 3.63) is 35.9 Å². The molecule has 0 fully saturated rings. The van der Waals surface area contributed by atoms with Gasteiger partial charge in [-0.25, -0.2) is 0 Å². The summed E-state index contributed by atoms with van der Waals surface area (Å²) in [5, 5.41) is 10.8. The summed E-state index contributed by atoms with van der Waals surface area (Å²) in [6.45, 7) is 0.558. The van der Waals surface area contributed by atoms with Gasteiger partial charge in [0.15, 0.2) is 17.3 Å². The first-order valence-electron chi connectivity index (χ1n) is 6.14. The summed E-state index contributed by atoms with van der Waals surface area (Å²) in [7, 11) is 0. The lowest BCUT2D eigenvalue weighted by Crippen LogP contribution is -2.07. The van der Waals surface area contributed by atoms with Crippen LogP contribution in [-0.2, 0) is 0 Å². The smallest absolute Gasteiger partial charge is 0.387 e. The minimum absolute atomic E-state index is 0.0312. The molecule has 1 N–H and O–H groups in total. The van der Waals surface area contributed by atoms with Gasteiger partial charge >= 0.3 is 6.61 Å². The highest BCUT2D eigenvalue weighted by Crippen LogP contribution is 2.33. The van der Waals surface area contributed by atoms with Crippen LogP contribution in [0.25, 0.3) is 10.8 Å². The molecule has 0 aliphatic rings. The number of phenols is 1. The summed E-state index contributed by atoms with van der Waals surface area (Å²) >= 11 is 0. The fraction of sp³-hybridized carbons (Fsp3) is 0.267. The van der Waals surface area contributed by atoms with Crippen LogP contribution in [0.4, 0.5) is 8.78 Å². The van der Waals surface area contributed by atoms with Gasteiger partial charge in [0, 0.05) is 11.5 Å². The second-order valence-electron chi connectivity index (χ2n) is 4.78. The van der Waals surface area contributed by atoms with E-state index in [2.05, 4.69) is 4.74 Å². The Morgan fingerprint density at radius 2 is 1.85 bits per heavy atom. The number of carbonyl (C=O) groups excluding carboxylic acids is 1. The Kier molecular flexibility index (Phi) is 3.88. The molecule has 0 aromatic heterocycles. The first-order valence-corrected chi connectivity index (χ1v) is 6.14. The Labute approximate surface area is 114 Å². The maximum absolute atomic E-state index is 12.2. The van der Waals surface area contributed by atoms with Gasteiger partial charge in [-0.05, 0) is 29.0 Å². The molecule has 0 radical (unpaired) electrons. The second-order valence-corrected chi connectivity index (χ2v) is 4.78. The van der Waals surface area contributed by atoms with Crippen molar-refractivity contribution in [1.82, 2.24) is 0 Å². The van der Waals surface area contributed by atoms with Crippen LogP contribution in [0.2, 0.25) is 0 Å². The molecule has 2 aromatic carbocycles. The van der Waals surface area contributed by atoms with Crippen LogP contribution in [0.5, 0.6) is 11.5 Å². The van der Waals surface area contributed by atoms with Crippen LogP contribution in [0.15, 0.2) is 30.3 Å². The molecule has 2 rings (SSSR count). The molecule has 3 nitrogen and oxygen atoms in total. The molecule has 2 aromatic rings. The molecule has 0 atom stereocenters. The number of fused-ring (bicyclic) bond motifs is 1. The van der Waals surface area contributed by atoms with E-state index < -0.39 is 6.61 Å². The number of hydrogen-bond donors (Lipinski definition) is 1. The Morgan fingerprint density at radius 1 is 1.15 bits per heavy atom. The molecule has 0 saturated heterocycles. The van der Waals surface area contributed by atoms with Gasteiger partial charge < -0.3 is 9.84 Å². The Balaban J connectivity index is 2.50. The van der Waals surface area contributed by atoms with Crippen molar-refractivity contribution in [2.45, 2.75) is 20.5 Å². The summed E-state index contributed by atoms with van der Waals surface area (Å²) < 4.78 is 28.7. The monoisotopic (exact) mass is 280 g/mol. The summed E-state index contributed by atoms with van der Waals surface area (Å²) in [6.07, 6.45) is 0. The van der Waals surface area contributed by atoms with Gasteiger partial charge in [-0.2, -0.15) is 8.78 Å². The third-order valence-corrected chi connectivity index (χ3v) is 2.94. The number of Topliss-reactive ketones (excluding diaryl/α,β-unsaturated/α-hetero) is 1. The highest BCUT2D eigenvalue weighted by atomic mass is 19.3. The van der Waals surface area contributed by atoms with E-state index in [1.54, 1.807) is 32.0 Å². The fourth-order valence-electron chi connectivity index (χ4n) is 1.94. The molecule has 0 heterocycles. The average molecular weight is 280 g/mol. The summed E-state index contributed by atoms with van der Waals surface area (Å²) in [6, 6.07) is 7.55. The molecule has 106 valence electrons. The molecule has 0 spiro atoms. The van der Waals surface area contributed by atoms with E-state index in [-0.39, 0.29) is 23.2 Å². The van der Waals surface area contributed by atoms with Crippen molar-refractivity contribution in [2.24, 2.45) is 5.92 Å². The van der Waals surface area contributed by atoms with Gasteiger partial charge in [0.05, 0.1) is 0 Å². The standard InChI is InChI=1S/C15H14F2O3/c1-8(2)14(19)10-4-3-9-6-12(18)13(20-15(16)17)7-11(9)5-10/h3-8,15,18H,1-2H3. The van der Waals surface area contributed by atoms with Crippen molar-refractivity contribution in [1.29, 1.82) is 0 Å². The van der Waals surface area contributed by atoms with E-state index in [1.807, 2.05) is 0 Å². The van der Waals surface area contributed by atoms with Gasteiger partial charge in [0.2, 0.25) is 0 Å². The minimum Gasteiger partial charge on any atom is -0.504 e. The Morgan fingerprint density at radius 3 is 2.45 bits per heavy atom. The van der Waals surface area contributed by atoms with E-state index in [4.69, 9.17) is 0 Å². The lowest BCUT2D eigenvalue weighted by atomic mass is 9.98. The number of hydrogen-bond acceptors (Lipinski definition) is 3. The van der Waals surface area contributed by atoms with Crippen molar-refractivity contribution in [3.8, 4) is 11.5 Å². The van der Waals surface area contributed by atoms with Crippen LogP contribution in [-0.4, -0.2) is 17.5 Å². The molecule has 5 heteroatoms. The maximum Gasteiger partial charge on any atom is 0.387 e. The molecular weight excluding hydrogens is 266 g/mol. The normalized spacial score (nSPS) is 11.3. The predicted molar refractivity (Wildman–Crippen MR) is 71.4 cm³/mol. The number of alkyl halides is 2. The van der Waals surface area contributed by atoms with Gasteiger partial charge in [-0.1, -0.05) is 26.0 Å². The molecule has 20 heavy (non-hydrogen) atoms. The van der Waals surface area contributed by atoms with Crippen LogP contribution < -0.4 is 4.74 Å². The first-order chi connectivity index (χ1) is 9.38. The third-order valence-electron chi connectivity index (χ3n) is 2.94. The number of carbonyl (C=O) groups is 1. The number of halogens is 2. The minimum atomic E-state index is -3.01. The van der Waals surface area contributed by atoms with Gasteiger partial charge in [-0.3, -0.25) is 4.79 Å². The van der Waals surface area contributed by atoms with Crippen molar-refractivity contribution < 1.29 is 23.4 Å². The zero-order valence-electron chi connectivity index (χ0n) is 11.1. The molecule has 0 aliphatic carbocycles. The van der Waals surface area contributed by atoms with Crippen LogP contribution >= 0.6 is 0 Å². The topological polar surface area (TPSA) is 46.5 Å². The number of ketones is 1. The predicted octanol–water partition coefficient (Wildman–Crippen LogP) is 3.99. The fourth-order valence-corrected chi connectivity index (χ4v) is 1.94. The third kappa shape index (κ3) is 2.87. The number of benzene rings is 2. The van der Waals surface area contributed by atoms with Gasteiger partial charge in [0.25, 0.3) is 0 Å². The Hall–Kier alpha value is -2.17. The van der Waals surface area contributed by atoms with Crippen molar-refractivity contribution in [2.75, 3.05) is 0 Å². The molecule has 0 bridgehead atoms. The number of ether oxygens (including phenoxy) is 1. The average Bonchev–Trinajstić information content (AvgIpc) is 2.37. The van der Waals surface area contributed by atoms with Crippen molar-refractivity contribution in [3.63, 3.8) is 0 Å². The first kappa shape index (κ1) is 14.2. The highest BCUT2D eigenvalue weighted by Gasteiger charge is 2.14. The molecule has 0 amide bonds. The Bertz CT molecular complexity index is 651. The second kappa shape index (κ2) is 5.45. The van der Waals surface area contributed by atoms with Crippen LogP contribution in [0.3, 0.4) is 0 Å². The quantitative estimate of drug-likeness (QED) is 0.861. The lowest BCUT2D eigenvalue weighted by molar-refractivity contribution is -0.0511. The summed E-state index contributed by atoms with van der Waals surface area (Å²) in [4.78, 5) is 11.9. The molecule has 0 unspecified atom stereocenters. The number of phenolic OH excluding ortho intramolecular Hbond substituents is 1. The van der Waals surface area contributed by atoms with E-state index >= 15 is 0 Å². The van der Waals surface area contributed by atoms with Crippen LogP contribution in [0.1, 0.15) is 24.2 Å².